The van der Waals surface area contributed by atoms with Crippen molar-refractivity contribution in [1.29, 1.82) is 0 Å². The summed E-state index contributed by atoms with van der Waals surface area (Å²) >= 11 is 12.0. The molecule has 0 atom stereocenters. The number of anilines is 1. The predicted molar refractivity (Wildman–Crippen MR) is 116 cm³/mol. The number of piperidine rings is 1. The van der Waals surface area contributed by atoms with E-state index in [0.29, 0.717) is 28.6 Å². The molecule has 1 heterocycles. The van der Waals surface area contributed by atoms with Crippen LogP contribution in [0.4, 0.5) is 5.69 Å². The monoisotopic (exact) mass is 455 g/mol. The van der Waals surface area contributed by atoms with Gasteiger partial charge in [-0.25, -0.2) is 8.42 Å². The number of hydrogen-bond acceptors (Lipinski definition) is 4. The molecule has 1 aliphatic heterocycles. The van der Waals surface area contributed by atoms with E-state index < -0.39 is 15.9 Å². The number of sulfonamides is 1. The van der Waals surface area contributed by atoms with Crippen LogP contribution in [0.1, 0.15) is 12.8 Å². The normalized spacial score (nSPS) is 16.1. The molecule has 2 aromatic carbocycles. The fourth-order valence-corrected chi connectivity index (χ4v) is 5.46. The van der Waals surface area contributed by atoms with Crippen LogP contribution < -0.4 is 5.32 Å². The second kappa shape index (κ2) is 9.45. The van der Waals surface area contributed by atoms with Gasteiger partial charge in [0.15, 0.2) is 0 Å². The summed E-state index contributed by atoms with van der Waals surface area (Å²) in [5, 5.41) is 3.44. The first-order chi connectivity index (χ1) is 13.8. The largest absolute Gasteiger partial charge is 0.324 e. The molecular weight excluding hydrogens is 433 g/mol. The highest BCUT2D eigenvalue weighted by molar-refractivity contribution is 7.89. The molecule has 0 bridgehead atoms. The first-order valence-corrected chi connectivity index (χ1v) is 11.5. The Bertz CT molecular complexity index is 962. The summed E-state index contributed by atoms with van der Waals surface area (Å²) < 4.78 is 27.9. The molecule has 29 heavy (non-hydrogen) atoms. The molecule has 0 aromatic heterocycles. The minimum absolute atomic E-state index is 0.177. The van der Waals surface area contributed by atoms with Crippen LogP contribution in [0.3, 0.4) is 0 Å². The molecule has 6 nitrogen and oxygen atoms in total. The summed E-state index contributed by atoms with van der Waals surface area (Å²) in [6, 6.07) is 12.7. The lowest BCUT2D eigenvalue weighted by molar-refractivity contribution is -0.116. The van der Waals surface area contributed by atoms with Crippen molar-refractivity contribution in [1.82, 2.24) is 9.21 Å². The van der Waals surface area contributed by atoms with E-state index in [0.717, 1.165) is 13.1 Å². The molecule has 1 fully saturated rings. The third-order valence-electron chi connectivity index (χ3n) is 4.95. The molecule has 9 heteroatoms. The van der Waals surface area contributed by atoms with Crippen molar-refractivity contribution in [2.75, 3.05) is 32.0 Å². The average Bonchev–Trinajstić information content (AvgIpc) is 2.70. The van der Waals surface area contributed by atoms with Crippen molar-refractivity contribution < 1.29 is 13.2 Å². The number of likely N-dealkylation sites (tertiary alicyclic amines) is 1. The lowest BCUT2D eigenvalue weighted by atomic mass is 10.1. The van der Waals surface area contributed by atoms with E-state index >= 15 is 0 Å². The Hall–Kier alpha value is -1.64. The fourth-order valence-electron chi connectivity index (χ4n) is 3.34. The van der Waals surface area contributed by atoms with Gasteiger partial charge in [0.05, 0.1) is 22.2 Å². The summed E-state index contributed by atoms with van der Waals surface area (Å²) in [7, 11) is -1.82. The van der Waals surface area contributed by atoms with Crippen LogP contribution in [0.5, 0.6) is 0 Å². The second-order valence-corrected chi connectivity index (χ2v) is 9.80. The number of rotatable bonds is 6. The van der Waals surface area contributed by atoms with Crippen LogP contribution in [-0.4, -0.2) is 56.3 Å². The number of carbonyl (C=O) groups excluding carboxylic acids is 1. The average molecular weight is 456 g/mol. The number of hydrogen-bond donors (Lipinski definition) is 1. The zero-order valence-electron chi connectivity index (χ0n) is 16.0. The van der Waals surface area contributed by atoms with E-state index in [-0.39, 0.29) is 17.5 Å². The molecule has 0 spiro atoms. The molecule has 3 rings (SSSR count). The van der Waals surface area contributed by atoms with E-state index in [1.165, 1.54) is 10.4 Å². The Balaban J connectivity index is 1.84. The van der Waals surface area contributed by atoms with E-state index in [1.807, 2.05) is 7.05 Å². The second-order valence-electron chi connectivity index (χ2n) is 7.07. The van der Waals surface area contributed by atoms with E-state index in [2.05, 4.69) is 10.2 Å². The van der Waals surface area contributed by atoms with Gasteiger partial charge in [0.25, 0.3) is 0 Å². The molecule has 1 aliphatic rings. The van der Waals surface area contributed by atoms with Gasteiger partial charge in [-0.3, -0.25) is 4.79 Å². The van der Waals surface area contributed by atoms with E-state index in [4.69, 9.17) is 23.2 Å². The van der Waals surface area contributed by atoms with Gasteiger partial charge in [-0.05, 0) is 63.3 Å². The molecule has 0 aliphatic carbocycles. The van der Waals surface area contributed by atoms with Crippen LogP contribution in [0.2, 0.25) is 10.0 Å². The molecule has 1 amide bonds. The molecule has 156 valence electrons. The summed E-state index contributed by atoms with van der Waals surface area (Å²) in [6.45, 7) is 1.26. The first kappa shape index (κ1) is 22.1. The number of halogens is 2. The smallest absolute Gasteiger partial charge is 0.243 e. The lowest BCUT2D eigenvalue weighted by Gasteiger charge is -2.36. The number of nitrogens with zero attached hydrogens (tertiary/aromatic N) is 2. The maximum absolute atomic E-state index is 13.3. The van der Waals surface area contributed by atoms with Gasteiger partial charge in [0.1, 0.15) is 0 Å². The fraction of sp³-hybridized carbons (Fsp3) is 0.350. The van der Waals surface area contributed by atoms with Crippen LogP contribution in [0.25, 0.3) is 0 Å². The highest BCUT2D eigenvalue weighted by Gasteiger charge is 2.34. The molecule has 0 unspecified atom stereocenters. The van der Waals surface area contributed by atoms with Crippen molar-refractivity contribution in [2.45, 2.75) is 23.8 Å². The Morgan fingerprint density at radius 1 is 1.14 bits per heavy atom. The number of nitrogens with one attached hydrogen (secondary N) is 1. The summed E-state index contributed by atoms with van der Waals surface area (Å²) in [4.78, 5) is 15.1. The van der Waals surface area contributed by atoms with Crippen LogP contribution in [0.15, 0.2) is 53.4 Å². The van der Waals surface area contributed by atoms with Gasteiger partial charge in [-0.2, -0.15) is 4.31 Å². The highest BCUT2D eigenvalue weighted by Crippen LogP contribution is 2.27. The molecule has 0 saturated carbocycles. The minimum Gasteiger partial charge on any atom is -0.324 e. The molecule has 0 radical (unpaired) electrons. The number of carbonyl (C=O) groups is 1. The topological polar surface area (TPSA) is 69.7 Å². The quantitative estimate of drug-likeness (QED) is 0.720. The minimum atomic E-state index is -3.82. The Morgan fingerprint density at radius 3 is 2.41 bits per heavy atom. The van der Waals surface area contributed by atoms with Gasteiger partial charge in [-0.1, -0.05) is 41.4 Å². The van der Waals surface area contributed by atoms with Gasteiger partial charge in [0.2, 0.25) is 15.9 Å². The van der Waals surface area contributed by atoms with Crippen molar-refractivity contribution in [2.24, 2.45) is 0 Å². The van der Waals surface area contributed by atoms with Crippen LogP contribution in [0, 0.1) is 0 Å². The zero-order valence-corrected chi connectivity index (χ0v) is 18.3. The molecule has 2 aromatic rings. The van der Waals surface area contributed by atoms with E-state index in [1.54, 1.807) is 42.5 Å². The van der Waals surface area contributed by atoms with E-state index in [9.17, 15) is 13.2 Å². The lowest BCUT2D eigenvalue weighted by Crippen LogP contribution is -2.49. The molecule has 1 saturated heterocycles. The van der Waals surface area contributed by atoms with Crippen molar-refractivity contribution in [3.05, 3.63) is 58.6 Å². The highest BCUT2D eigenvalue weighted by atomic mass is 35.5. The Morgan fingerprint density at radius 2 is 1.79 bits per heavy atom. The van der Waals surface area contributed by atoms with Gasteiger partial charge in [-0.15, -0.1) is 0 Å². The predicted octanol–water partition coefficient (Wildman–Crippen LogP) is 3.72. The van der Waals surface area contributed by atoms with Gasteiger partial charge < -0.3 is 10.2 Å². The number of benzene rings is 2. The maximum Gasteiger partial charge on any atom is 0.243 e. The zero-order chi connectivity index (χ0) is 21.0. The van der Waals surface area contributed by atoms with Crippen molar-refractivity contribution in [3.8, 4) is 0 Å². The maximum atomic E-state index is 13.3. The third kappa shape index (κ3) is 5.49. The van der Waals surface area contributed by atoms with Gasteiger partial charge in [0, 0.05) is 11.1 Å². The Labute approximate surface area is 181 Å². The SMILES string of the molecule is CN1CCC(N(CC(=O)Nc2ccc(Cl)cc2Cl)S(=O)(=O)c2ccccc2)CC1. The molecule has 1 N–H and O–H groups in total. The number of amides is 1. The standard InChI is InChI=1S/C20H23Cl2N3O3S/c1-24-11-9-16(10-12-24)25(29(27,28)17-5-3-2-4-6-17)14-20(26)23-19-8-7-15(21)13-18(19)22/h2-8,13,16H,9-12,14H2,1H3,(H,23,26). The van der Waals surface area contributed by atoms with Gasteiger partial charge >= 0.3 is 0 Å². The van der Waals surface area contributed by atoms with Crippen molar-refractivity contribution in [3.63, 3.8) is 0 Å². The van der Waals surface area contributed by atoms with Crippen LogP contribution in [-0.2, 0) is 14.8 Å². The summed E-state index contributed by atoms with van der Waals surface area (Å²) in [5.74, 6) is -0.451. The summed E-state index contributed by atoms with van der Waals surface area (Å²) in [6.07, 6.45) is 1.33. The van der Waals surface area contributed by atoms with Crippen LogP contribution >= 0.6 is 23.2 Å². The summed E-state index contributed by atoms with van der Waals surface area (Å²) in [5.41, 5.74) is 0.390. The third-order valence-corrected chi connectivity index (χ3v) is 7.41. The molecular formula is C20H23Cl2N3O3S. The first-order valence-electron chi connectivity index (χ1n) is 9.27. The Kier molecular flexibility index (Phi) is 7.19. The van der Waals surface area contributed by atoms with Crippen molar-refractivity contribution >= 4 is 44.8 Å².